The molecule has 0 aliphatic carbocycles. The number of nitrogens with zero attached hydrogens (tertiary/aromatic N) is 1. The van der Waals surface area contributed by atoms with E-state index >= 15 is 0 Å². The van der Waals surface area contributed by atoms with E-state index in [-0.39, 0.29) is 5.91 Å². The number of ether oxygens (including phenoxy) is 1. The van der Waals surface area contributed by atoms with Crippen molar-refractivity contribution in [1.29, 1.82) is 0 Å². The molecule has 2 aromatic heterocycles. The summed E-state index contributed by atoms with van der Waals surface area (Å²) in [6, 6.07) is 3.99. The Morgan fingerprint density at radius 2 is 2.22 bits per heavy atom. The van der Waals surface area contributed by atoms with Gasteiger partial charge in [-0.15, -0.1) is 11.3 Å². The van der Waals surface area contributed by atoms with E-state index in [0.717, 1.165) is 41.5 Å². The third-order valence-corrected chi connectivity index (χ3v) is 6.24. The zero-order chi connectivity index (χ0) is 16.1. The Kier molecular flexibility index (Phi) is 5.80. The fraction of sp³-hybridized carbons (Fsp3) is 0.471. The maximum absolute atomic E-state index is 12.8. The number of fused-ring (bicyclic) bond motifs is 1. The van der Waals surface area contributed by atoms with Gasteiger partial charge in [-0.3, -0.25) is 4.79 Å². The summed E-state index contributed by atoms with van der Waals surface area (Å²) < 4.78 is 7.38. The Balaban J connectivity index is 1.79. The summed E-state index contributed by atoms with van der Waals surface area (Å²) in [6.45, 7) is 4.06. The van der Waals surface area contributed by atoms with Gasteiger partial charge in [0.25, 0.3) is 5.91 Å². The molecule has 3 heterocycles. The number of hydrogen-bond acceptors (Lipinski definition) is 4. The highest BCUT2D eigenvalue weighted by molar-refractivity contribution is 7.98. The standard InChI is InChI=1S/C17H22N2O2S2/c1-2-21-10-5-7-18-16(20)15-13-6-11-22-12-14(13)23-17(15)19-8-3-4-9-19/h3-4,8-9H,2,5-7,10-12H2,1H3,(H,18,20). The number of thiophene rings is 1. The first-order valence-corrected chi connectivity index (χ1v) is 10.00. The summed E-state index contributed by atoms with van der Waals surface area (Å²) in [4.78, 5) is 14.1. The average molecular weight is 351 g/mol. The summed E-state index contributed by atoms with van der Waals surface area (Å²) in [5, 5.41) is 4.11. The molecule has 1 amide bonds. The Morgan fingerprint density at radius 1 is 1.39 bits per heavy atom. The van der Waals surface area contributed by atoms with Gasteiger partial charge in [-0.05, 0) is 43.2 Å². The van der Waals surface area contributed by atoms with Crippen LogP contribution in [0.3, 0.4) is 0 Å². The Hall–Kier alpha value is -1.24. The molecule has 2 aromatic rings. The summed E-state index contributed by atoms with van der Waals surface area (Å²) >= 11 is 3.70. The molecule has 23 heavy (non-hydrogen) atoms. The van der Waals surface area contributed by atoms with Crippen molar-refractivity contribution in [2.24, 2.45) is 0 Å². The molecule has 1 N–H and O–H groups in total. The van der Waals surface area contributed by atoms with Crippen LogP contribution < -0.4 is 5.32 Å². The first-order chi connectivity index (χ1) is 11.3. The van der Waals surface area contributed by atoms with Gasteiger partial charge in [0, 0.05) is 42.8 Å². The zero-order valence-corrected chi connectivity index (χ0v) is 15.0. The lowest BCUT2D eigenvalue weighted by Crippen LogP contribution is -2.27. The van der Waals surface area contributed by atoms with Crippen LogP contribution in [0.25, 0.3) is 5.00 Å². The van der Waals surface area contributed by atoms with Crippen LogP contribution in [0, 0.1) is 0 Å². The molecule has 0 saturated heterocycles. The van der Waals surface area contributed by atoms with Gasteiger partial charge >= 0.3 is 0 Å². The minimum absolute atomic E-state index is 0.0506. The number of aromatic nitrogens is 1. The first kappa shape index (κ1) is 16.6. The van der Waals surface area contributed by atoms with E-state index in [4.69, 9.17) is 4.74 Å². The minimum atomic E-state index is 0.0506. The highest BCUT2D eigenvalue weighted by atomic mass is 32.2. The molecule has 0 fully saturated rings. The molecule has 1 aliphatic rings. The van der Waals surface area contributed by atoms with Crippen LogP contribution in [0.4, 0.5) is 0 Å². The van der Waals surface area contributed by atoms with Gasteiger partial charge < -0.3 is 14.6 Å². The maximum atomic E-state index is 12.8. The zero-order valence-electron chi connectivity index (χ0n) is 13.3. The lowest BCUT2D eigenvalue weighted by atomic mass is 10.1. The van der Waals surface area contributed by atoms with Crippen molar-refractivity contribution in [1.82, 2.24) is 9.88 Å². The van der Waals surface area contributed by atoms with Crippen LogP contribution in [0.15, 0.2) is 24.5 Å². The summed E-state index contributed by atoms with van der Waals surface area (Å²) in [5.41, 5.74) is 2.12. The van der Waals surface area contributed by atoms with Gasteiger partial charge in [-0.25, -0.2) is 0 Å². The number of thioether (sulfide) groups is 1. The average Bonchev–Trinajstić information content (AvgIpc) is 3.21. The van der Waals surface area contributed by atoms with E-state index in [1.807, 2.05) is 43.2 Å². The van der Waals surface area contributed by atoms with Gasteiger partial charge in [-0.1, -0.05) is 0 Å². The van der Waals surface area contributed by atoms with Gasteiger partial charge in [0.05, 0.1) is 5.56 Å². The Bertz CT molecular complexity index is 650. The van der Waals surface area contributed by atoms with Gasteiger partial charge in [0.1, 0.15) is 5.00 Å². The molecule has 1 aliphatic heterocycles. The number of rotatable bonds is 7. The van der Waals surface area contributed by atoms with Crippen molar-refractivity contribution < 1.29 is 9.53 Å². The molecule has 0 aromatic carbocycles. The van der Waals surface area contributed by atoms with Crippen molar-refractivity contribution in [2.45, 2.75) is 25.5 Å². The second kappa shape index (κ2) is 8.04. The van der Waals surface area contributed by atoms with Crippen LogP contribution >= 0.6 is 23.1 Å². The molecule has 124 valence electrons. The Labute approximate surface area is 145 Å². The second-order valence-corrected chi connectivity index (χ2v) is 7.57. The second-order valence-electron chi connectivity index (χ2n) is 5.38. The molecule has 6 heteroatoms. The van der Waals surface area contributed by atoms with Crippen molar-refractivity contribution in [3.05, 3.63) is 40.5 Å². The topological polar surface area (TPSA) is 43.3 Å². The number of carbonyl (C=O) groups excluding carboxylic acids is 1. The van der Waals surface area contributed by atoms with Crippen LogP contribution in [-0.4, -0.2) is 36.0 Å². The van der Waals surface area contributed by atoms with Gasteiger partial charge in [0.2, 0.25) is 0 Å². The molecule has 0 radical (unpaired) electrons. The molecule has 3 rings (SSSR count). The molecular weight excluding hydrogens is 328 g/mol. The SMILES string of the molecule is CCOCCCNC(=O)c1c(-n2cccc2)sc2c1CCSC2. The monoisotopic (exact) mass is 350 g/mol. The van der Waals surface area contributed by atoms with Crippen LogP contribution in [-0.2, 0) is 16.9 Å². The number of amides is 1. The molecular formula is C17H22N2O2S2. The lowest BCUT2D eigenvalue weighted by molar-refractivity contribution is 0.0944. The lowest BCUT2D eigenvalue weighted by Gasteiger charge is -2.13. The van der Waals surface area contributed by atoms with Crippen molar-refractivity contribution in [2.75, 3.05) is 25.5 Å². The molecule has 0 spiro atoms. The van der Waals surface area contributed by atoms with E-state index in [9.17, 15) is 4.79 Å². The molecule has 0 bridgehead atoms. The van der Waals surface area contributed by atoms with Crippen molar-refractivity contribution >= 4 is 29.0 Å². The predicted molar refractivity (Wildman–Crippen MR) is 97.0 cm³/mol. The third-order valence-electron chi connectivity index (χ3n) is 3.82. The minimum Gasteiger partial charge on any atom is -0.382 e. The number of carbonyl (C=O) groups is 1. The summed E-state index contributed by atoms with van der Waals surface area (Å²) in [7, 11) is 0. The third kappa shape index (κ3) is 3.82. The van der Waals surface area contributed by atoms with Crippen molar-refractivity contribution in [3.63, 3.8) is 0 Å². The smallest absolute Gasteiger partial charge is 0.254 e. The molecule has 0 atom stereocenters. The van der Waals surface area contributed by atoms with E-state index in [1.54, 1.807) is 11.3 Å². The van der Waals surface area contributed by atoms with E-state index < -0.39 is 0 Å². The molecule has 0 unspecified atom stereocenters. The largest absolute Gasteiger partial charge is 0.382 e. The van der Waals surface area contributed by atoms with Crippen LogP contribution in [0.1, 0.15) is 34.1 Å². The van der Waals surface area contributed by atoms with E-state index in [0.29, 0.717) is 13.2 Å². The quantitative estimate of drug-likeness (QED) is 0.778. The van der Waals surface area contributed by atoms with E-state index in [2.05, 4.69) is 9.88 Å². The van der Waals surface area contributed by atoms with Gasteiger partial charge in [-0.2, -0.15) is 11.8 Å². The van der Waals surface area contributed by atoms with E-state index in [1.165, 1.54) is 10.4 Å². The van der Waals surface area contributed by atoms with Crippen LogP contribution in [0.2, 0.25) is 0 Å². The molecule has 4 nitrogen and oxygen atoms in total. The highest BCUT2D eigenvalue weighted by Gasteiger charge is 2.26. The van der Waals surface area contributed by atoms with Crippen LogP contribution in [0.5, 0.6) is 0 Å². The number of hydrogen-bond donors (Lipinski definition) is 1. The maximum Gasteiger partial charge on any atom is 0.254 e. The first-order valence-electron chi connectivity index (χ1n) is 8.02. The Morgan fingerprint density at radius 3 is 3.00 bits per heavy atom. The van der Waals surface area contributed by atoms with Gasteiger partial charge in [0.15, 0.2) is 0 Å². The fourth-order valence-corrected chi connectivity index (χ4v) is 5.16. The summed E-state index contributed by atoms with van der Waals surface area (Å²) in [6.07, 6.45) is 5.85. The highest BCUT2D eigenvalue weighted by Crippen LogP contribution is 2.38. The fourth-order valence-electron chi connectivity index (χ4n) is 2.71. The summed E-state index contributed by atoms with van der Waals surface area (Å²) in [5.74, 6) is 2.17. The molecule has 0 saturated carbocycles. The van der Waals surface area contributed by atoms with Crippen molar-refractivity contribution in [3.8, 4) is 5.00 Å². The number of nitrogens with one attached hydrogen (secondary N) is 1. The normalized spacial score (nSPS) is 13.8. The predicted octanol–water partition coefficient (Wildman–Crippen LogP) is 3.48.